The van der Waals surface area contributed by atoms with E-state index in [1.807, 2.05) is 19.9 Å². The summed E-state index contributed by atoms with van der Waals surface area (Å²) in [5.41, 5.74) is 0.597. The van der Waals surface area contributed by atoms with Crippen molar-refractivity contribution in [1.29, 1.82) is 0 Å². The summed E-state index contributed by atoms with van der Waals surface area (Å²) in [5, 5.41) is 0. The molecule has 1 heterocycles. The Labute approximate surface area is 103 Å². The predicted molar refractivity (Wildman–Crippen MR) is 65.5 cm³/mol. The molecule has 1 fully saturated rings. The molecule has 0 unspecified atom stereocenters. The molecule has 1 atom stereocenters. The first-order valence-corrected chi connectivity index (χ1v) is 5.87. The Morgan fingerprint density at radius 3 is 2.47 bits per heavy atom. The van der Waals surface area contributed by atoms with E-state index in [0.29, 0.717) is 13.0 Å². The summed E-state index contributed by atoms with van der Waals surface area (Å²) in [7, 11) is 0. The monoisotopic (exact) mass is 239 g/mol. The van der Waals surface area contributed by atoms with Crippen LogP contribution in [0.1, 0.15) is 41.0 Å². The maximum Gasteiger partial charge on any atom is 0.417 e. The molecule has 1 rings (SSSR count). The van der Waals surface area contributed by atoms with Gasteiger partial charge in [-0.25, -0.2) is 9.69 Å². The fourth-order valence-corrected chi connectivity index (χ4v) is 1.81. The Bertz CT molecular complexity index is 348. The summed E-state index contributed by atoms with van der Waals surface area (Å²) < 4.78 is 5.19. The van der Waals surface area contributed by atoms with Crippen molar-refractivity contribution in [2.45, 2.75) is 46.6 Å². The zero-order valence-electron chi connectivity index (χ0n) is 11.2. The van der Waals surface area contributed by atoms with Gasteiger partial charge in [0, 0.05) is 18.9 Å². The van der Waals surface area contributed by atoms with Crippen LogP contribution in [0.25, 0.3) is 0 Å². The number of rotatable bonds is 1. The van der Waals surface area contributed by atoms with Crippen molar-refractivity contribution >= 4 is 12.0 Å². The van der Waals surface area contributed by atoms with Crippen LogP contribution in [0.5, 0.6) is 0 Å². The van der Waals surface area contributed by atoms with Crippen molar-refractivity contribution in [3.8, 4) is 0 Å². The van der Waals surface area contributed by atoms with Gasteiger partial charge in [-0.1, -0.05) is 11.6 Å². The Morgan fingerprint density at radius 2 is 2.00 bits per heavy atom. The number of imide groups is 1. The average Bonchev–Trinajstić information content (AvgIpc) is 2.42. The highest BCUT2D eigenvalue weighted by atomic mass is 16.6. The van der Waals surface area contributed by atoms with Crippen LogP contribution in [0.3, 0.4) is 0 Å². The van der Waals surface area contributed by atoms with E-state index in [1.165, 1.54) is 4.90 Å². The molecule has 1 saturated heterocycles. The van der Waals surface area contributed by atoms with Gasteiger partial charge in [0.15, 0.2) is 0 Å². The van der Waals surface area contributed by atoms with Gasteiger partial charge in [-0.05, 0) is 34.6 Å². The van der Waals surface area contributed by atoms with Crippen LogP contribution < -0.4 is 0 Å². The maximum absolute atomic E-state index is 11.8. The van der Waals surface area contributed by atoms with E-state index in [-0.39, 0.29) is 11.8 Å². The van der Waals surface area contributed by atoms with Crippen LogP contribution in [0, 0.1) is 5.92 Å². The number of carbonyl (C=O) groups excluding carboxylic acids is 2. The Kier molecular flexibility index (Phi) is 3.96. The minimum Gasteiger partial charge on any atom is -0.443 e. The lowest BCUT2D eigenvalue weighted by atomic mass is 10.1. The molecule has 0 aliphatic carbocycles. The molecule has 0 N–H and O–H groups in total. The molecule has 2 amide bonds. The van der Waals surface area contributed by atoms with Crippen LogP contribution in [0.2, 0.25) is 0 Å². The van der Waals surface area contributed by atoms with Crippen molar-refractivity contribution < 1.29 is 14.3 Å². The van der Waals surface area contributed by atoms with Crippen molar-refractivity contribution in [3.63, 3.8) is 0 Å². The first-order valence-electron chi connectivity index (χ1n) is 5.87. The minimum atomic E-state index is -0.564. The lowest BCUT2D eigenvalue weighted by Crippen LogP contribution is -2.37. The number of allylic oxidation sites excluding steroid dienone is 1. The highest BCUT2D eigenvalue weighted by molar-refractivity contribution is 5.94. The van der Waals surface area contributed by atoms with Gasteiger partial charge in [-0.2, -0.15) is 0 Å². The zero-order valence-corrected chi connectivity index (χ0v) is 11.2. The summed E-state index contributed by atoms with van der Waals surface area (Å²) in [4.78, 5) is 24.7. The van der Waals surface area contributed by atoms with Gasteiger partial charge >= 0.3 is 6.09 Å². The second-order valence-electron chi connectivity index (χ2n) is 5.69. The van der Waals surface area contributed by atoms with Gasteiger partial charge in [0.05, 0.1) is 0 Å². The molecule has 1 aliphatic heterocycles. The number of amides is 2. The number of likely N-dealkylation sites (tertiary alicyclic amines) is 1. The molecular formula is C13H21NO3. The Balaban J connectivity index is 2.65. The van der Waals surface area contributed by atoms with Crippen LogP contribution in [-0.4, -0.2) is 29.0 Å². The zero-order chi connectivity index (χ0) is 13.2. The van der Waals surface area contributed by atoms with Crippen molar-refractivity contribution in [2.75, 3.05) is 6.54 Å². The highest BCUT2D eigenvalue weighted by Gasteiger charge is 2.35. The van der Waals surface area contributed by atoms with Gasteiger partial charge in [0.2, 0.25) is 5.91 Å². The SMILES string of the molecule is CC(C)=C[C@H]1CC(=O)N(C(=O)OC(C)(C)C)C1. The molecule has 1 aliphatic rings. The molecule has 0 aromatic carbocycles. The van der Waals surface area contributed by atoms with E-state index in [9.17, 15) is 9.59 Å². The molecule has 0 spiro atoms. The van der Waals surface area contributed by atoms with Gasteiger partial charge in [0.1, 0.15) is 5.60 Å². The fourth-order valence-electron chi connectivity index (χ4n) is 1.81. The third-order valence-corrected chi connectivity index (χ3v) is 2.34. The van der Waals surface area contributed by atoms with Crippen LogP contribution in [0.15, 0.2) is 11.6 Å². The molecule has 96 valence electrons. The molecule has 4 heteroatoms. The quantitative estimate of drug-likeness (QED) is 0.661. The van der Waals surface area contributed by atoms with E-state index in [0.717, 1.165) is 5.57 Å². The van der Waals surface area contributed by atoms with Gasteiger partial charge in [-0.15, -0.1) is 0 Å². The molecule has 0 saturated carbocycles. The maximum atomic E-state index is 11.8. The lowest BCUT2D eigenvalue weighted by Gasteiger charge is -2.23. The van der Waals surface area contributed by atoms with Crippen molar-refractivity contribution in [1.82, 2.24) is 4.90 Å². The van der Waals surface area contributed by atoms with E-state index < -0.39 is 11.7 Å². The third-order valence-electron chi connectivity index (χ3n) is 2.34. The number of hydrogen-bond donors (Lipinski definition) is 0. The normalized spacial score (nSPS) is 20.4. The molecule has 4 nitrogen and oxygen atoms in total. The second kappa shape index (κ2) is 4.90. The first-order chi connectivity index (χ1) is 7.69. The standard InChI is InChI=1S/C13H21NO3/c1-9(2)6-10-7-11(15)14(8-10)12(16)17-13(3,4)5/h6,10H,7-8H2,1-5H3/t10-/m0/s1. The number of hydrogen-bond acceptors (Lipinski definition) is 3. The Morgan fingerprint density at radius 1 is 1.41 bits per heavy atom. The molecular weight excluding hydrogens is 218 g/mol. The average molecular weight is 239 g/mol. The van der Waals surface area contributed by atoms with Crippen LogP contribution in [-0.2, 0) is 9.53 Å². The molecule has 0 bridgehead atoms. The van der Waals surface area contributed by atoms with Gasteiger partial charge < -0.3 is 4.74 Å². The summed E-state index contributed by atoms with van der Waals surface area (Å²) in [6.07, 6.45) is 1.89. The fraction of sp³-hybridized carbons (Fsp3) is 0.692. The largest absolute Gasteiger partial charge is 0.443 e. The summed E-state index contributed by atoms with van der Waals surface area (Å²) in [6, 6.07) is 0. The minimum absolute atomic E-state index is 0.125. The molecule has 0 aromatic rings. The third kappa shape index (κ3) is 4.21. The number of nitrogens with zero attached hydrogens (tertiary/aromatic N) is 1. The van der Waals surface area contributed by atoms with Crippen molar-refractivity contribution in [3.05, 3.63) is 11.6 Å². The molecule has 0 radical (unpaired) electrons. The highest BCUT2D eigenvalue weighted by Crippen LogP contribution is 2.22. The molecule has 17 heavy (non-hydrogen) atoms. The lowest BCUT2D eigenvalue weighted by molar-refractivity contribution is -0.127. The van der Waals surface area contributed by atoms with E-state index in [4.69, 9.17) is 4.74 Å². The summed E-state index contributed by atoms with van der Waals surface area (Å²) in [5.74, 6) is -0.0261. The van der Waals surface area contributed by atoms with Gasteiger partial charge in [0.25, 0.3) is 0 Å². The second-order valence-corrected chi connectivity index (χ2v) is 5.69. The number of carbonyl (C=O) groups is 2. The van der Waals surface area contributed by atoms with Crippen LogP contribution in [0.4, 0.5) is 4.79 Å². The van der Waals surface area contributed by atoms with Gasteiger partial charge in [-0.3, -0.25) is 4.79 Å². The van der Waals surface area contributed by atoms with E-state index in [2.05, 4.69) is 0 Å². The summed E-state index contributed by atoms with van der Waals surface area (Å²) in [6.45, 7) is 9.78. The predicted octanol–water partition coefficient (Wildman–Crippen LogP) is 2.74. The smallest absolute Gasteiger partial charge is 0.417 e. The number of ether oxygens (including phenoxy) is 1. The van der Waals surface area contributed by atoms with E-state index >= 15 is 0 Å². The first kappa shape index (κ1) is 13.7. The van der Waals surface area contributed by atoms with E-state index in [1.54, 1.807) is 20.8 Å². The van der Waals surface area contributed by atoms with Crippen LogP contribution >= 0.6 is 0 Å². The van der Waals surface area contributed by atoms with Crippen molar-refractivity contribution in [2.24, 2.45) is 5.92 Å². The molecule has 0 aromatic heterocycles. The topological polar surface area (TPSA) is 46.6 Å². The summed E-state index contributed by atoms with van der Waals surface area (Å²) >= 11 is 0. The Hall–Kier alpha value is -1.32.